The van der Waals surface area contributed by atoms with E-state index in [0.717, 1.165) is 40.7 Å². The molecule has 1 atom stereocenters. The molecule has 3 amide bonds. The molecule has 3 aliphatic rings. The molecule has 0 aliphatic carbocycles. The van der Waals surface area contributed by atoms with E-state index in [9.17, 15) is 24.6 Å². The first-order chi connectivity index (χ1) is 20.5. The summed E-state index contributed by atoms with van der Waals surface area (Å²) in [6.07, 6.45) is 0. The number of ether oxygens (including phenoxy) is 1. The third-order valence-corrected chi connectivity index (χ3v) is 11.1. The van der Waals surface area contributed by atoms with Crippen molar-refractivity contribution in [3.63, 3.8) is 0 Å². The third kappa shape index (κ3) is 4.91. The lowest BCUT2D eigenvalue weighted by atomic mass is 9.26. The van der Waals surface area contributed by atoms with Crippen molar-refractivity contribution in [2.45, 2.75) is 36.1 Å². The summed E-state index contributed by atoms with van der Waals surface area (Å²) in [6.45, 7) is 3.78. The van der Waals surface area contributed by atoms with E-state index >= 15 is 0 Å². The van der Waals surface area contributed by atoms with E-state index < -0.39 is 22.4 Å². The van der Waals surface area contributed by atoms with Gasteiger partial charge in [0.15, 0.2) is 0 Å². The zero-order valence-electron chi connectivity index (χ0n) is 27.4. The smallest absolute Gasteiger partial charge is 0.254 e. The highest BCUT2D eigenvalue weighted by molar-refractivity contribution is 6.64. The molecule has 2 fully saturated rings. The Labute approximate surface area is 266 Å². The Morgan fingerprint density at radius 3 is 2.09 bits per heavy atom. The number of amides is 3. The summed E-state index contributed by atoms with van der Waals surface area (Å²) in [5.74, 6) is -0.733. The standard InChI is InChI=1S/C25H37B9N4O6/c26-12-8(18(39)13(27)10(19(12)40)6-37-1-3-44-4-2-37)5-35-17-9-7-38(22(42)11(9)14(28)15(29)16(17)30)20-21(41)36-23(43)25(33,34)24(20,31)32/h20,35,39-40H,1-7,26-34H2,(H,36,41,43). The van der Waals surface area contributed by atoms with Gasteiger partial charge >= 0.3 is 0 Å². The Morgan fingerprint density at radius 1 is 0.864 bits per heavy atom. The lowest BCUT2D eigenvalue weighted by Crippen LogP contribution is -2.66. The van der Waals surface area contributed by atoms with Crippen molar-refractivity contribution in [3.8, 4) is 11.5 Å². The van der Waals surface area contributed by atoms with Crippen molar-refractivity contribution >= 4 is 121 Å². The summed E-state index contributed by atoms with van der Waals surface area (Å²) in [6, 6.07) is -0.840. The zero-order valence-corrected chi connectivity index (χ0v) is 27.4. The lowest BCUT2D eigenvalue weighted by molar-refractivity contribution is -0.138. The monoisotopic (exact) mass is 588 g/mol. The van der Waals surface area contributed by atoms with Crippen LogP contribution in [-0.4, -0.2) is 141 Å². The molecule has 0 radical (unpaired) electrons. The van der Waals surface area contributed by atoms with Crippen LogP contribution in [0, 0.1) is 0 Å². The number of hydrogen-bond acceptors (Lipinski definition) is 8. The minimum absolute atomic E-state index is 0.138. The van der Waals surface area contributed by atoms with Crippen molar-refractivity contribution < 1.29 is 29.3 Å². The largest absolute Gasteiger partial charge is 0.508 e. The van der Waals surface area contributed by atoms with Gasteiger partial charge in [0.2, 0.25) is 11.8 Å². The highest BCUT2D eigenvalue weighted by Crippen LogP contribution is 2.50. The van der Waals surface area contributed by atoms with Gasteiger partial charge in [-0.3, -0.25) is 24.6 Å². The summed E-state index contributed by atoms with van der Waals surface area (Å²) >= 11 is 0. The van der Waals surface area contributed by atoms with E-state index in [1.165, 1.54) is 0 Å². The van der Waals surface area contributed by atoms with Crippen LogP contribution in [0.15, 0.2) is 0 Å². The minimum Gasteiger partial charge on any atom is -0.508 e. The van der Waals surface area contributed by atoms with E-state index in [0.29, 0.717) is 47.4 Å². The van der Waals surface area contributed by atoms with E-state index in [1.54, 1.807) is 20.6 Å². The molecule has 2 saturated heterocycles. The van der Waals surface area contributed by atoms with Crippen molar-refractivity contribution in [1.29, 1.82) is 0 Å². The molecular weight excluding hydrogens is 550 g/mol. The summed E-state index contributed by atoms with van der Waals surface area (Å²) < 4.78 is 5.45. The summed E-state index contributed by atoms with van der Waals surface area (Å²) in [4.78, 5) is 43.9. The third-order valence-electron chi connectivity index (χ3n) is 11.1. The fourth-order valence-electron chi connectivity index (χ4n) is 7.01. The lowest BCUT2D eigenvalue weighted by Gasteiger charge is -2.52. The number of benzene rings is 2. The van der Waals surface area contributed by atoms with Crippen LogP contribution in [0.3, 0.4) is 0 Å². The first-order valence-electron chi connectivity index (χ1n) is 15.4. The number of phenolic OH excluding ortho intramolecular Hbond substituents is 2. The quantitative estimate of drug-likeness (QED) is 0.149. The average molecular weight is 587 g/mol. The molecule has 44 heavy (non-hydrogen) atoms. The molecule has 0 bridgehead atoms. The van der Waals surface area contributed by atoms with Gasteiger partial charge in [0.25, 0.3) is 5.91 Å². The number of imide groups is 1. The molecule has 1 unspecified atom stereocenters. The second-order valence-electron chi connectivity index (χ2n) is 13.8. The molecule has 4 N–H and O–H groups in total. The number of carbonyl (C=O) groups is 3. The second-order valence-corrected chi connectivity index (χ2v) is 13.8. The van der Waals surface area contributed by atoms with Gasteiger partial charge in [-0.1, -0.05) is 21.6 Å². The number of aromatic hydroxyl groups is 2. The Hall–Kier alpha value is -3.05. The van der Waals surface area contributed by atoms with Crippen LogP contribution < -0.4 is 37.9 Å². The van der Waals surface area contributed by atoms with Crippen LogP contribution >= 0.6 is 0 Å². The van der Waals surface area contributed by atoms with E-state index in [4.69, 9.17) is 4.74 Å². The van der Waals surface area contributed by atoms with Gasteiger partial charge in [-0.15, -0.1) is 0 Å². The van der Waals surface area contributed by atoms with Gasteiger partial charge in [-0.25, -0.2) is 0 Å². The molecule has 0 aromatic heterocycles. The van der Waals surface area contributed by atoms with Gasteiger partial charge in [0, 0.05) is 60.7 Å². The van der Waals surface area contributed by atoms with E-state index in [2.05, 4.69) is 15.5 Å². The fourth-order valence-corrected chi connectivity index (χ4v) is 7.01. The van der Waals surface area contributed by atoms with Crippen LogP contribution in [0.5, 0.6) is 11.5 Å². The van der Waals surface area contributed by atoms with Crippen molar-refractivity contribution in [1.82, 2.24) is 15.1 Å². The van der Waals surface area contributed by atoms with Crippen LogP contribution in [0.4, 0.5) is 5.69 Å². The van der Waals surface area contributed by atoms with Gasteiger partial charge < -0.3 is 25.2 Å². The van der Waals surface area contributed by atoms with Crippen molar-refractivity contribution in [3.05, 3.63) is 22.3 Å². The normalized spacial score (nSPS) is 21.2. The Balaban J connectivity index is 1.49. The SMILES string of the molecule is Bc1c(B)c(NCc2c(B)c(O)c(CN3CCOCC3)c(B)c2O)c2c(c1B)C(=O)N(C1C(=O)NC(=O)C(B)(B)C1(B)B)C2. The maximum atomic E-state index is 14.1. The molecule has 5 rings (SSSR count). The predicted octanol–water partition coefficient (Wildman–Crippen LogP) is -11.4. The van der Waals surface area contributed by atoms with E-state index in [1.807, 2.05) is 54.9 Å². The maximum Gasteiger partial charge on any atom is 0.254 e. The number of nitrogens with one attached hydrogen (secondary N) is 2. The number of anilines is 1. The first-order valence-corrected chi connectivity index (χ1v) is 15.4. The molecule has 3 aliphatic heterocycles. The molecule has 2 aromatic rings. The second kappa shape index (κ2) is 11.4. The fraction of sp³-hybridized carbons (Fsp3) is 0.400. The molecular formula is C25H37B9N4O6. The van der Waals surface area contributed by atoms with Crippen molar-refractivity contribution in [2.24, 2.45) is 0 Å². The number of phenols is 2. The predicted molar refractivity (Wildman–Crippen MR) is 197 cm³/mol. The highest BCUT2D eigenvalue weighted by atomic mass is 16.5. The number of carbonyl (C=O) groups excluding carboxylic acids is 3. The van der Waals surface area contributed by atoms with Crippen LogP contribution in [0.2, 0.25) is 10.4 Å². The molecule has 0 saturated carbocycles. The topological polar surface area (TPSA) is 131 Å². The minimum atomic E-state index is -0.883. The molecule has 10 nitrogen and oxygen atoms in total. The van der Waals surface area contributed by atoms with E-state index in [-0.39, 0.29) is 36.4 Å². The first kappa shape index (κ1) is 32.4. The average Bonchev–Trinajstić information content (AvgIpc) is 3.30. The number of nitrogens with zero attached hydrogens (tertiary/aromatic N) is 2. The number of hydrogen-bond donors (Lipinski definition) is 4. The van der Waals surface area contributed by atoms with Gasteiger partial charge in [-0.2, -0.15) is 0 Å². The Bertz CT molecular complexity index is 1570. The van der Waals surface area contributed by atoms with Crippen LogP contribution in [0.25, 0.3) is 0 Å². The number of morpholine rings is 1. The van der Waals surface area contributed by atoms with Gasteiger partial charge in [0.05, 0.1) is 13.2 Å². The molecule has 2 aromatic carbocycles. The summed E-state index contributed by atoms with van der Waals surface area (Å²) in [5, 5.41) is 26.9. The Morgan fingerprint density at radius 2 is 1.45 bits per heavy atom. The highest BCUT2D eigenvalue weighted by Gasteiger charge is 2.58. The van der Waals surface area contributed by atoms with Crippen molar-refractivity contribution in [2.75, 3.05) is 31.6 Å². The van der Waals surface area contributed by atoms with Gasteiger partial charge in [0.1, 0.15) is 88.2 Å². The summed E-state index contributed by atoms with van der Waals surface area (Å²) in [7, 11) is 16.9. The van der Waals surface area contributed by atoms with Crippen LogP contribution in [-0.2, 0) is 34.0 Å². The number of fused-ring (bicyclic) bond motifs is 1. The summed E-state index contributed by atoms with van der Waals surface area (Å²) in [5.41, 5.74) is 7.47. The maximum absolute atomic E-state index is 14.1. The molecule has 19 heteroatoms. The molecule has 3 heterocycles. The Kier molecular flexibility index (Phi) is 8.38. The van der Waals surface area contributed by atoms with Crippen LogP contribution in [0.1, 0.15) is 27.0 Å². The number of piperidine rings is 1. The number of rotatable bonds is 6. The zero-order chi connectivity index (χ0) is 32.5. The van der Waals surface area contributed by atoms with Gasteiger partial charge in [-0.05, 0) is 16.1 Å². The molecule has 0 spiro atoms. The molecule has 220 valence electrons.